The Morgan fingerprint density at radius 2 is 1.96 bits per heavy atom. The lowest BCUT2D eigenvalue weighted by Crippen LogP contribution is -2.47. The van der Waals surface area contributed by atoms with Crippen LogP contribution in [0.5, 0.6) is 0 Å². The van der Waals surface area contributed by atoms with Crippen LogP contribution < -0.4 is 10.6 Å². The van der Waals surface area contributed by atoms with Gasteiger partial charge in [0.1, 0.15) is 0 Å². The molecule has 0 aromatic heterocycles. The smallest absolute Gasteiger partial charge is 0.242 e. The van der Waals surface area contributed by atoms with Gasteiger partial charge in [-0.3, -0.25) is 9.59 Å². The van der Waals surface area contributed by atoms with Crippen LogP contribution in [0.15, 0.2) is 29.2 Å². The molecule has 2 aliphatic rings. The Morgan fingerprint density at radius 1 is 1.26 bits per heavy atom. The zero-order chi connectivity index (χ0) is 16.4. The third-order valence-corrected chi connectivity index (χ3v) is 5.74. The highest BCUT2D eigenvalue weighted by molar-refractivity contribution is 8.00. The molecule has 1 fully saturated rings. The molecule has 0 spiro atoms. The van der Waals surface area contributed by atoms with Crippen molar-refractivity contribution in [3.63, 3.8) is 0 Å². The summed E-state index contributed by atoms with van der Waals surface area (Å²) in [6.45, 7) is 4.74. The minimum absolute atomic E-state index is 0.0776. The second kappa shape index (κ2) is 6.83. The zero-order valence-corrected chi connectivity index (χ0v) is 14.2. The Kier molecular flexibility index (Phi) is 4.80. The first-order valence-electron chi connectivity index (χ1n) is 8.12. The second-order valence-corrected chi connectivity index (χ2v) is 7.81. The van der Waals surface area contributed by atoms with E-state index in [4.69, 9.17) is 5.73 Å². The molecule has 0 bridgehead atoms. The lowest BCUT2D eigenvalue weighted by molar-refractivity contribution is -0.133. The number of rotatable bonds is 3. The van der Waals surface area contributed by atoms with E-state index in [1.54, 1.807) is 0 Å². The number of anilines is 1. The van der Waals surface area contributed by atoms with E-state index < -0.39 is 0 Å². The molecule has 2 aliphatic heterocycles. The Balaban J connectivity index is 1.64. The summed E-state index contributed by atoms with van der Waals surface area (Å²) in [6.07, 6.45) is 1.37. The van der Waals surface area contributed by atoms with Crippen molar-refractivity contribution in [1.82, 2.24) is 4.90 Å². The van der Waals surface area contributed by atoms with E-state index in [1.807, 2.05) is 28.8 Å². The van der Waals surface area contributed by atoms with Crippen molar-refractivity contribution < 1.29 is 9.59 Å². The molecule has 3 rings (SSSR count). The van der Waals surface area contributed by atoms with E-state index in [-0.39, 0.29) is 17.7 Å². The van der Waals surface area contributed by atoms with Gasteiger partial charge in [0.15, 0.2) is 0 Å². The molecule has 0 aliphatic carbocycles. The van der Waals surface area contributed by atoms with Gasteiger partial charge in [-0.05, 0) is 25.0 Å². The number of nitrogens with two attached hydrogens (primary N) is 1. The number of hydrogen-bond acceptors (Lipinski definition) is 4. The molecule has 5 nitrogen and oxygen atoms in total. The number of likely N-dealkylation sites (tertiary alicyclic amines) is 1. The van der Waals surface area contributed by atoms with Gasteiger partial charge in [-0.2, -0.15) is 0 Å². The van der Waals surface area contributed by atoms with Gasteiger partial charge in [0.25, 0.3) is 0 Å². The van der Waals surface area contributed by atoms with Crippen LogP contribution in [0.25, 0.3) is 0 Å². The fourth-order valence-electron chi connectivity index (χ4n) is 3.31. The summed E-state index contributed by atoms with van der Waals surface area (Å²) in [5.74, 6) is -0.180. The number of primary amides is 1. The molecule has 0 radical (unpaired) electrons. The molecule has 1 atom stereocenters. The van der Waals surface area contributed by atoms with Crippen LogP contribution in [0.4, 0.5) is 5.69 Å². The van der Waals surface area contributed by atoms with Crippen molar-refractivity contribution in [1.29, 1.82) is 0 Å². The quantitative estimate of drug-likeness (QED) is 0.914. The van der Waals surface area contributed by atoms with E-state index in [0.717, 1.165) is 12.2 Å². The predicted octanol–water partition coefficient (Wildman–Crippen LogP) is 1.71. The topological polar surface area (TPSA) is 66.6 Å². The van der Waals surface area contributed by atoms with Crippen molar-refractivity contribution in [3.05, 3.63) is 24.3 Å². The number of carbonyl (C=O) groups is 2. The first-order chi connectivity index (χ1) is 11.0. The van der Waals surface area contributed by atoms with Gasteiger partial charge in [0.2, 0.25) is 11.8 Å². The number of benzene rings is 1. The van der Waals surface area contributed by atoms with Crippen molar-refractivity contribution in [2.75, 3.05) is 31.1 Å². The van der Waals surface area contributed by atoms with Crippen molar-refractivity contribution in [2.45, 2.75) is 29.9 Å². The lowest BCUT2D eigenvalue weighted by atomic mass is 9.96. The van der Waals surface area contributed by atoms with Crippen molar-refractivity contribution in [3.8, 4) is 0 Å². The number of piperidine rings is 1. The Hall–Kier alpha value is -1.69. The van der Waals surface area contributed by atoms with E-state index in [2.05, 4.69) is 24.0 Å². The maximum absolute atomic E-state index is 12.6. The second-order valence-electron chi connectivity index (χ2n) is 6.33. The summed E-state index contributed by atoms with van der Waals surface area (Å²) in [4.78, 5) is 29.1. The molecule has 6 heteroatoms. The van der Waals surface area contributed by atoms with Gasteiger partial charge in [-0.1, -0.05) is 19.1 Å². The van der Waals surface area contributed by atoms with Gasteiger partial charge >= 0.3 is 0 Å². The van der Waals surface area contributed by atoms with E-state index >= 15 is 0 Å². The molecule has 0 saturated carbocycles. The highest BCUT2D eigenvalue weighted by Crippen LogP contribution is 2.38. The number of fused-ring (bicyclic) bond motifs is 1. The first kappa shape index (κ1) is 16.2. The summed E-state index contributed by atoms with van der Waals surface area (Å²) in [7, 11) is 0. The minimum Gasteiger partial charge on any atom is -0.369 e. The summed E-state index contributed by atoms with van der Waals surface area (Å²) in [5.41, 5.74) is 6.50. The van der Waals surface area contributed by atoms with Crippen LogP contribution in [-0.4, -0.2) is 48.1 Å². The van der Waals surface area contributed by atoms with E-state index in [9.17, 15) is 9.59 Å². The third kappa shape index (κ3) is 3.63. The summed E-state index contributed by atoms with van der Waals surface area (Å²) in [5, 5.41) is 0.471. The molecule has 23 heavy (non-hydrogen) atoms. The van der Waals surface area contributed by atoms with Crippen LogP contribution in [0.1, 0.15) is 19.8 Å². The molecule has 2 heterocycles. The van der Waals surface area contributed by atoms with Crippen LogP contribution in [0, 0.1) is 5.92 Å². The van der Waals surface area contributed by atoms with Gasteiger partial charge in [0, 0.05) is 35.7 Å². The Labute approximate surface area is 141 Å². The third-order valence-electron chi connectivity index (χ3n) is 4.59. The fraction of sp³-hybridized carbons (Fsp3) is 0.529. The van der Waals surface area contributed by atoms with E-state index in [0.29, 0.717) is 37.7 Å². The maximum atomic E-state index is 12.6. The van der Waals surface area contributed by atoms with Crippen LogP contribution in [0.2, 0.25) is 0 Å². The van der Waals surface area contributed by atoms with Crippen LogP contribution in [0.3, 0.4) is 0 Å². The molecular weight excluding hydrogens is 310 g/mol. The fourth-order valence-corrected chi connectivity index (χ4v) is 4.47. The minimum atomic E-state index is -0.243. The average molecular weight is 333 g/mol. The molecular formula is C17H23N3O2S. The normalized spacial score (nSPS) is 21.9. The molecule has 1 aromatic carbocycles. The number of carbonyl (C=O) groups excluding carboxylic acids is 2. The van der Waals surface area contributed by atoms with Gasteiger partial charge in [-0.25, -0.2) is 0 Å². The summed E-state index contributed by atoms with van der Waals surface area (Å²) >= 11 is 1.86. The SMILES string of the molecule is C[C@@H]1CN(CC(=O)N2CCC(C(N)=O)CC2)c2ccccc2S1. The molecule has 2 amide bonds. The molecule has 1 saturated heterocycles. The number of para-hydroxylation sites is 1. The predicted molar refractivity (Wildman–Crippen MR) is 92.5 cm³/mol. The zero-order valence-electron chi connectivity index (χ0n) is 13.4. The van der Waals surface area contributed by atoms with Gasteiger partial charge in [-0.15, -0.1) is 11.8 Å². The Morgan fingerprint density at radius 3 is 2.65 bits per heavy atom. The number of thioether (sulfide) groups is 1. The van der Waals surface area contributed by atoms with Crippen LogP contribution >= 0.6 is 11.8 Å². The van der Waals surface area contributed by atoms with Gasteiger partial charge < -0.3 is 15.5 Å². The monoisotopic (exact) mass is 333 g/mol. The lowest BCUT2D eigenvalue weighted by Gasteiger charge is -2.36. The van der Waals surface area contributed by atoms with Gasteiger partial charge in [0.05, 0.1) is 12.2 Å². The highest BCUT2D eigenvalue weighted by atomic mass is 32.2. The summed E-state index contributed by atoms with van der Waals surface area (Å²) < 4.78 is 0. The molecule has 1 aromatic rings. The number of nitrogens with zero attached hydrogens (tertiary/aromatic N) is 2. The average Bonchev–Trinajstić information content (AvgIpc) is 2.54. The number of hydrogen-bond donors (Lipinski definition) is 1. The highest BCUT2D eigenvalue weighted by Gasteiger charge is 2.29. The van der Waals surface area contributed by atoms with Crippen molar-refractivity contribution >= 4 is 29.3 Å². The largest absolute Gasteiger partial charge is 0.369 e. The maximum Gasteiger partial charge on any atom is 0.242 e. The molecule has 2 N–H and O–H groups in total. The first-order valence-corrected chi connectivity index (χ1v) is 9.00. The Bertz CT molecular complexity index is 599. The van der Waals surface area contributed by atoms with E-state index in [1.165, 1.54) is 4.90 Å². The number of amides is 2. The standard InChI is InChI=1S/C17H23N3O2S/c1-12-10-20(14-4-2-3-5-15(14)23-12)11-16(21)19-8-6-13(7-9-19)17(18)22/h2-5,12-13H,6-11H2,1H3,(H2,18,22)/t12-/m1/s1. The molecule has 124 valence electrons. The summed E-state index contributed by atoms with van der Waals surface area (Å²) in [6, 6.07) is 8.26. The van der Waals surface area contributed by atoms with Crippen molar-refractivity contribution in [2.24, 2.45) is 11.7 Å². The molecule has 0 unspecified atom stereocenters. The van der Waals surface area contributed by atoms with Crippen LogP contribution in [-0.2, 0) is 9.59 Å².